The van der Waals surface area contributed by atoms with Crippen LogP contribution in [0.2, 0.25) is 0 Å². The average molecular weight is 122 g/mol. The van der Waals surface area contributed by atoms with Crippen molar-refractivity contribution in [2.75, 3.05) is 0 Å². The van der Waals surface area contributed by atoms with Crippen molar-refractivity contribution in [2.24, 2.45) is 17.8 Å². The van der Waals surface area contributed by atoms with Crippen LogP contribution in [0.3, 0.4) is 0 Å². The summed E-state index contributed by atoms with van der Waals surface area (Å²) in [5.41, 5.74) is 1.54. The van der Waals surface area contributed by atoms with Gasteiger partial charge in [-0.3, -0.25) is 0 Å². The van der Waals surface area contributed by atoms with Crippen molar-refractivity contribution in [2.45, 2.75) is 26.2 Å². The van der Waals surface area contributed by atoms with Crippen molar-refractivity contribution >= 4 is 0 Å². The van der Waals surface area contributed by atoms with Crippen LogP contribution < -0.4 is 0 Å². The monoisotopic (exact) mass is 122 g/mol. The number of rotatable bonds is 1. The first kappa shape index (κ1) is 5.52. The number of hydrogen-bond donors (Lipinski definition) is 0. The van der Waals surface area contributed by atoms with Gasteiger partial charge >= 0.3 is 0 Å². The van der Waals surface area contributed by atoms with Gasteiger partial charge in [0.25, 0.3) is 0 Å². The van der Waals surface area contributed by atoms with E-state index in [2.05, 4.69) is 13.5 Å². The second-order valence-corrected chi connectivity index (χ2v) is 3.54. The Morgan fingerprint density at radius 2 is 2.44 bits per heavy atom. The van der Waals surface area contributed by atoms with Gasteiger partial charge in [0, 0.05) is 0 Å². The Bertz CT molecular complexity index is 146. The van der Waals surface area contributed by atoms with Gasteiger partial charge in [-0.1, -0.05) is 19.1 Å². The number of hydrogen-bond acceptors (Lipinski definition) is 0. The fourth-order valence-corrected chi connectivity index (χ4v) is 2.38. The molecular formula is C9H14. The minimum atomic E-state index is 0.912. The Balaban J connectivity index is 2.10. The summed E-state index contributed by atoms with van der Waals surface area (Å²) in [6.45, 7) is 6.38. The Kier molecular flexibility index (Phi) is 0.992. The molecule has 3 unspecified atom stereocenters. The van der Waals surface area contributed by atoms with E-state index in [-0.39, 0.29) is 0 Å². The molecule has 2 rings (SSSR count). The second kappa shape index (κ2) is 1.62. The molecule has 2 fully saturated rings. The van der Waals surface area contributed by atoms with Crippen LogP contribution in [0.1, 0.15) is 26.2 Å². The second-order valence-electron chi connectivity index (χ2n) is 3.54. The van der Waals surface area contributed by atoms with Crippen LogP contribution in [0.15, 0.2) is 12.2 Å². The Morgan fingerprint density at radius 1 is 1.67 bits per heavy atom. The first-order chi connectivity index (χ1) is 4.33. The van der Waals surface area contributed by atoms with Gasteiger partial charge in [-0.05, 0) is 37.0 Å². The molecule has 0 nitrogen and oxygen atoms in total. The third-order valence-corrected chi connectivity index (χ3v) is 2.98. The average Bonchev–Trinajstić information content (AvgIpc) is 2.45. The van der Waals surface area contributed by atoms with Crippen molar-refractivity contribution in [3.63, 3.8) is 0 Å². The molecule has 0 spiro atoms. The molecule has 0 aliphatic heterocycles. The van der Waals surface area contributed by atoms with E-state index in [1.807, 2.05) is 0 Å². The summed E-state index contributed by atoms with van der Waals surface area (Å²) in [6, 6.07) is 0. The van der Waals surface area contributed by atoms with Gasteiger partial charge in [-0.15, -0.1) is 0 Å². The summed E-state index contributed by atoms with van der Waals surface area (Å²) in [6.07, 6.45) is 4.20. The third-order valence-electron chi connectivity index (χ3n) is 2.98. The van der Waals surface area contributed by atoms with Crippen LogP contribution in [0.5, 0.6) is 0 Å². The summed E-state index contributed by atoms with van der Waals surface area (Å²) >= 11 is 0. The fourth-order valence-electron chi connectivity index (χ4n) is 2.38. The normalized spacial score (nSPS) is 47.2. The lowest BCUT2D eigenvalue weighted by Gasteiger charge is -2.09. The van der Waals surface area contributed by atoms with Crippen molar-refractivity contribution in [1.29, 1.82) is 0 Å². The van der Waals surface area contributed by atoms with E-state index in [4.69, 9.17) is 0 Å². The topological polar surface area (TPSA) is 0 Å². The van der Waals surface area contributed by atoms with Crippen LogP contribution in [0.4, 0.5) is 0 Å². The van der Waals surface area contributed by atoms with Gasteiger partial charge in [-0.25, -0.2) is 0 Å². The molecule has 2 aliphatic carbocycles. The molecular weight excluding hydrogens is 108 g/mol. The molecule has 2 saturated carbocycles. The van der Waals surface area contributed by atoms with E-state index in [0.29, 0.717) is 0 Å². The van der Waals surface area contributed by atoms with E-state index < -0.39 is 0 Å². The Hall–Kier alpha value is -0.260. The lowest BCUT2D eigenvalue weighted by Crippen LogP contribution is -1.97. The highest BCUT2D eigenvalue weighted by Crippen LogP contribution is 2.58. The van der Waals surface area contributed by atoms with E-state index in [9.17, 15) is 0 Å². The molecule has 50 valence electrons. The molecule has 0 heteroatoms. The molecule has 0 aromatic carbocycles. The minimum absolute atomic E-state index is 0.912. The zero-order valence-corrected chi connectivity index (χ0v) is 6.06. The predicted octanol–water partition coefficient (Wildman–Crippen LogP) is 2.61. The predicted molar refractivity (Wildman–Crippen MR) is 39.1 cm³/mol. The Morgan fingerprint density at radius 3 is 2.78 bits per heavy atom. The zero-order chi connectivity index (χ0) is 6.43. The van der Waals surface area contributed by atoms with Crippen molar-refractivity contribution in [3.05, 3.63) is 12.2 Å². The molecule has 0 heterocycles. The maximum Gasteiger partial charge on any atom is -0.0177 e. The summed E-state index contributed by atoms with van der Waals surface area (Å²) in [5, 5.41) is 0. The molecule has 0 radical (unpaired) electrons. The Labute approximate surface area is 57.0 Å². The third kappa shape index (κ3) is 0.654. The highest BCUT2D eigenvalue weighted by Gasteiger charge is 2.48. The van der Waals surface area contributed by atoms with Crippen LogP contribution in [-0.4, -0.2) is 0 Å². The quantitative estimate of drug-likeness (QED) is 0.469. The largest absolute Gasteiger partial charge is 0.0996 e. The SMILES string of the molecule is C=C1CC2CC2C1CC. The van der Waals surface area contributed by atoms with Crippen LogP contribution in [-0.2, 0) is 0 Å². The molecule has 0 saturated heterocycles. The van der Waals surface area contributed by atoms with Crippen molar-refractivity contribution in [1.82, 2.24) is 0 Å². The van der Waals surface area contributed by atoms with Crippen LogP contribution in [0.25, 0.3) is 0 Å². The first-order valence-corrected chi connectivity index (χ1v) is 4.00. The molecule has 0 aromatic rings. The van der Waals surface area contributed by atoms with Gasteiger partial charge in [-0.2, -0.15) is 0 Å². The van der Waals surface area contributed by atoms with E-state index in [1.165, 1.54) is 19.3 Å². The summed E-state index contributed by atoms with van der Waals surface area (Å²) in [5.74, 6) is 3.06. The van der Waals surface area contributed by atoms with Crippen LogP contribution >= 0.6 is 0 Å². The number of allylic oxidation sites excluding steroid dienone is 1. The molecule has 0 amide bonds. The first-order valence-electron chi connectivity index (χ1n) is 4.00. The highest BCUT2D eigenvalue weighted by molar-refractivity contribution is 5.18. The maximum atomic E-state index is 4.09. The molecule has 2 aliphatic rings. The summed E-state index contributed by atoms with van der Waals surface area (Å²) < 4.78 is 0. The standard InChI is InChI=1S/C9H14/c1-3-8-6(2)4-7-5-9(7)8/h7-9H,2-5H2,1H3. The summed E-state index contributed by atoms with van der Waals surface area (Å²) in [7, 11) is 0. The minimum Gasteiger partial charge on any atom is -0.0996 e. The lowest BCUT2D eigenvalue weighted by molar-refractivity contribution is 0.548. The lowest BCUT2D eigenvalue weighted by atomic mass is 9.97. The molecule has 9 heavy (non-hydrogen) atoms. The van der Waals surface area contributed by atoms with Crippen molar-refractivity contribution in [3.8, 4) is 0 Å². The van der Waals surface area contributed by atoms with E-state index >= 15 is 0 Å². The van der Waals surface area contributed by atoms with Gasteiger partial charge in [0.1, 0.15) is 0 Å². The van der Waals surface area contributed by atoms with Crippen LogP contribution in [0, 0.1) is 17.8 Å². The van der Waals surface area contributed by atoms with Gasteiger partial charge in [0.15, 0.2) is 0 Å². The molecule has 3 atom stereocenters. The zero-order valence-electron chi connectivity index (χ0n) is 6.06. The van der Waals surface area contributed by atoms with Gasteiger partial charge < -0.3 is 0 Å². The number of fused-ring (bicyclic) bond motifs is 1. The van der Waals surface area contributed by atoms with E-state index in [0.717, 1.165) is 17.8 Å². The van der Waals surface area contributed by atoms with E-state index in [1.54, 1.807) is 5.57 Å². The van der Waals surface area contributed by atoms with Gasteiger partial charge in [0.05, 0.1) is 0 Å². The smallest absolute Gasteiger partial charge is 0.0177 e. The molecule has 0 aromatic heterocycles. The molecule has 0 N–H and O–H groups in total. The fraction of sp³-hybridized carbons (Fsp3) is 0.778. The van der Waals surface area contributed by atoms with Crippen molar-refractivity contribution < 1.29 is 0 Å². The highest BCUT2D eigenvalue weighted by atomic mass is 14.5. The molecule has 0 bridgehead atoms. The van der Waals surface area contributed by atoms with Gasteiger partial charge in [0.2, 0.25) is 0 Å². The maximum absolute atomic E-state index is 4.09. The summed E-state index contributed by atoms with van der Waals surface area (Å²) in [4.78, 5) is 0.